The smallest absolute Gasteiger partial charge is 0.340 e. The van der Waals surface area contributed by atoms with Crippen molar-refractivity contribution in [2.45, 2.75) is 20.0 Å². The summed E-state index contributed by atoms with van der Waals surface area (Å²) < 4.78 is 5.76. The quantitative estimate of drug-likeness (QED) is 0.625. The summed E-state index contributed by atoms with van der Waals surface area (Å²) in [4.78, 5) is 39.4. The lowest BCUT2D eigenvalue weighted by Crippen LogP contribution is -2.30. The van der Waals surface area contributed by atoms with E-state index in [0.717, 1.165) is 0 Å². The topological polar surface area (TPSA) is 85.4 Å². The summed E-state index contributed by atoms with van der Waals surface area (Å²) in [6, 6.07) is 8.08. The zero-order chi connectivity index (χ0) is 17.7. The van der Waals surface area contributed by atoms with Crippen molar-refractivity contribution in [2.24, 2.45) is 0 Å². The first-order chi connectivity index (χ1) is 11.4. The molecule has 0 saturated carbocycles. The van der Waals surface area contributed by atoms with Crippen LogP contribution in [-0.4, -0.2) is 28.7 Å². The van der Waals surface area contributed by atoms with Gasteiger partial charge in [0.1, 0.15) is 0 Å². The third kappa shape index (κ3) is 4.73. The number of benzene rings is 1. The van der Waals surface area contributed by atoms with Crippen molar-refractivity contribution in [3.63, 3.8) is 0 Å². The van der Waals surface area contributed by atoms with Crippen LogP contribution in [0.4, 0.5) is 5.69 Å². The second-order valence-electron chi connectivity index (χ2n) is 5.07. The van der Waals surface area contributed by atoms with E-state index in [1.165, 1.54) is 26.2 Å². The molecule has 6 nitrogen and oxygen atoms in total. The Morgan fingerprint density at radius 2 is 1.92 bits per heavy atom. The predicted octanol–water partition coefficient (Wildman–Crippen LogP) is 3.23. The molecule has 0 aliphatic carbocycles. The van der Waals surface area contributed by atoms with Gasteiger partial charge < -0.3 is 10.1 Å². The average Bonchev–Trinajstić information content (AvgIpc) is 2.54. The Morgan fingerprint density at radius 1 is 1.17 bits per heavy atom. The summed E-state index contributed by atoms with van der Waals surface area (Å²) in [5.74, 6) is -1.25. The summed E-state index contributed by atoms with van der Waals surface area (Å²) >= 11 is 3.21. The molecule has 1 heterocycles. The minimum absolute atomic E-state index is 0.104. The van der Waals surface area contributed by atoms with Crippen LogP contribution in [0.25, 0.3) is 0 Å². The molecule has 2 aromatic rings. The Morgan fingerprint density at radius 3 is 2.58 bits per heavy atom. The minimum atomic E-state index is -1.00. The third-order valence-corrected chi connectivity index (χ3v) is 3.56. The monoisotopic (exact) mass is 390 g/mol. The van der Waals surface area contributed by atoms with Crippen LogP contribution in [0.3, 0.4) is 0 Å². The zero-order valence-electron chi connectivity index (χ0n) is 13.1. The van der Waals surface area contributed by atoms with Crippen LogP contribution in [0.2, 0.25) is 0 Å². The highest BCUT2D eigenvalue weighted by molar-refractivity contribution is 9.10. The molecular weight excluding hydrogens is 376 g/mol. The number of esters is 1. The first kappa shape index (κ1) is 17.8. The van der Waals surface area contributed by atoms with Crippen molar-refractivity contribution in [3.05, 3.63) is 58.3 Å². The van der Waals surface area contributed by atoms with Gasteiger partial charge in [0.25, 0.3) is 5.91 Å². The maximum Gasteiger partial charge on any atom is 0.340 e. The van der Waals surface area contributed by atoms with E-state index < -0.39 is 18.0 Å². The number of anilines is 1. The number of halogens is 1. The number of nitrogens with one attached hydrogen (secondary N) is 1. The van der Waals surface area contributed by atoms with Crippen LogP contribution in [0.1, 0.15) is 34.6 Å². The van der Waals surface area contributed by atoms with E-state index in [2.05, 4.69) is 26.2 Å². The Bertz CT molecular complexity index is 792. The van der Waals surface area contributed by atoms with Crippen LogP contribution < -0.4 is 5.32 Å². The van der Waals surface area contributed by atoms with E-state index in [9.17, 15) is 14.4 Å². The number of Topliss-reactive ketones (excluding diaryl/α,β-unsaturated/α-hetero) is 1. The van der Waals surface area contributed by atoms with Crippen molar-refractivity contribution in [3.8, 4) is 0 Å². The highest BCUT2D eigenvalue weighted by Crippen LogP contribution is 2.14. The van der Waals surface area contributed by atoms with Gasteiger partial charge in [-0.05, 0) is 48.0 Å². The fourth-order valence-corrected chi connectivity index (χ4v) is 2.23. The molecule has 0 aliphatic rings. The molecule has 0 radical (unpaired) electrons. The second kappa shape index (κ2) is 7.83. The molecule has 0 spiro atoms. The van der Waals surface area contributed by atoms with Gasteiger partial charge in [0.05, 0.1) is 5.56 Å². The Balaban J connectivity index is 2.01. The molecule has 24 heavy (non-hydrogen) atoms. The summed E-state index contributed by atoms with van der Waals surface area (Å²) in [7, 11) is 0. The molecule has 0 bridgehead atoms. The highest BCUT2D eigenvalue weighted by atomic mass is 79.9. The van der Waals surface area contributed by atoms with Crippen molar-refractivity contribution in [1.29, 1.82) is 0 Å². The molecule has 7 heteroatoms. The molecular formula is C17H15BrN2O4. The van der Waals surface area contributed by atoms with E-state index in [-0.39, 0.29) is 11.3 Å². The second-order valence-corrected chi connectivity index (χ2v) is 5.98. The molecule has 1 unspecified atom stereocenters. The Hall–Kier alpha value is -2.54. The van der Waals surface area contributed by atoms with Gasteiger partial charge in [-0.3, -0.25) is 14.6 Å². The zero-order valence-corrected chi connectivity index (χ0v) is 14.7. The average molecular weight is 391 g/mol. The Labute approximate surface area is 147 Å². The number of hydrogen-bond acceptors (Lipinski definition) is 5. The maximum atomic E-state index is 12.1. The number of pyridine rings is 1. The lowest BCUT2D eigenvalue weighted by molar-refractivity contribution is -0.123. The number of carbonyl (C=O) groups excluding carboxylic acids is 3. The highest BCUT2D eigenvalue weighted by Gasteiger charge is 2.19. The largest absolute Gasteiger partial charge is 0.449 e. The van der Waals surface area contributed by atoms with Crippen molar-refractivity contribution < 1.29 is 19.1 Å². The first-order valence-electron chi connectivity index (χ1n) is 7.10. The minimum Gasteiger partial charge on any atom is -0.449 e. The Kier molecular flexibility index (Phi) is 5.81. The molecule has 2 rings (SSSR count). The lowest BCUT2D eigenvalue weighted by Gasteiger charge is -2.14. The maximum absolute atomic E-state index is 12.1. The van der Waals surface area contributed by atoms with E-state index >= 15 is 0 Å². The van der Waals surface area contributed by atoms with Gasteiger partial charge in [0.15, 0.2) is 11.9 Å². The number of amides is 1. The molecule has 1 atom stereocenters. The number of aromatic nitrogens is 1. The normalized spacial score (nSPS) is 11.5. The van der Waals surface area contributed by atoms with Crippen LogP contribution >= 0.6 is 15.9 Å². The molecule has 0 aliphatic heterocycles. The molecule has 0 fully saturated rings. The van der Waals surface area contributed by atoms with Gasteiger partial charge in [-0.1, -0.05) is 12.1 Å². The van der Waals surface area contributed by atoms with Crippen LogP contribution in [0.15, 0.2) is 47.2 Å². The molecule has 1 aromatic heterocycles. The summed E-state index contributed by atoms with van der Waals surface area (Å²) in [6.45, 7) is 2.91. The van der Waals surface area contributed by atoms with Crippen LogP contribution in [0.5, 0.6) is 0 Å². The molecule has 1 N–H and O–H groups in total. The fourth-order valence-electron chi connectivity index (χ4n) is 1.87. The number of nitrogens with zero attached hydrogens (tertiary/aromatic N) is 1. The van der Waals surface area contributed by atoms with E-state index in [4.69, 9.17) is 4.74 Å². The van der Waals surface area contributed by atoms with Crippen molar-refractivity contribution >= 4 is 39.3 Å². The number of ether oxygens (including phenoxy) is 1. The number of ketones is 1. The molecule has 0 saturated heterocycles. The van der Waals surface area contributed by atoms with Gasteiger partial charge in [0, 0.05) is 28.1 Å². The van der Waals surface area contributed by atoms with E-state index in [0.29, 0.717) is 15.7 Å². The fraction of sp³-hybridized carbons (Fsp3) is 0.176. The number of hydrogen-bond donors (Lipinski definition) is 1. The standard InChI is InChI=1S/C17H15BrN2O4/c1-10(21)12-4-3-5-15(7-12)20-16(22)11(2)24-17(23)13-6-14(18)9-19-8-13/h3-9,11H,1-2H3,(H,20,22). The van der Waals surface area contributed by atoms with Gasteiger partial charge in [-0.15, -0.1) is 0 Å². The third-order valence-electron chi connectivity index (χ3n) is 3.13. The van der Waals surface area contributed by atoms with Crippen LogP contribution in [-0.2, 0) is 9.53 Å². The SMILES string of the molecule is CC(=O)c1cccc(NC(=O)C(C)OC(=O)c2cncc(Br)c2)c1. The summed E-state index contributed by atoms with van der Waals surface area (Å²) in [5.41, 5.74) is 1.18. The van der Waals surface area contributed by atoms with Gasteiger partial charge >= 0.3 is 5.97 Å². The van der Waals surface area contributed by atoms with Crippen molar-refractivity contribution in [1.82, 2.24) is 4.98 Å². The molecule has 1 aromatic carbocycles. The number of rotatable bonds is 5. The van der Waals surface area contributed by atoms with E-state index in [1.807, 2.05) is 0 Å². The molecule has 124 valence electrons. The number of carbonyl (C=O) groups is 3. The lowest BCUT2D eigenvalue weighted by atomic mass is 10.1. The molecule has 1 amide bonds. The summed E-state index contributed by atoms with van der Waals surface area (Å²) in [5, 5.41) is 2.61. The van der Waals surface area contributed by atoms with Gasteiger partial charge in [-0.2, -0.15) is 0 Å². The van der Waals surface area contributed by atoms with E-state index in [1.54, 1.807) is 30.3 Å². The van der Waals surface area contributed by atoms with Gasteiger partial charge in [-0.25, -0.2) is 4.79 Å². The van der Waals surface area contributed by atoms with Crippen molar-refractivity contribution in [2.75, 3.05) is 5.32 Å². The first-order valence-corrected chi connectivity index (χ1v) is 7.89. The van der Waals surface area contributed by atoms with Crippen LogP contribution in [0, 0.1) is 0 Å². The predicted molar refractivity (Wildman–Crippen MR) is 91.9 cm³/mol. The summed E-state index contributed by atoms with van der Waals surface area (Å²) in [6.07, 6.45) is 1.89. The van der Waals surface area contributed by atoms with Gasteiger partial charge in [0.2, 0.25) is 0 Å².